The van der Waals surface area contributed by atoms with Crippen LogP contribution in [0.5, 0.6) is 0 Å². The SMILES string of the molecule is C[C@H](OC(=O)C1CCC1)C(=O)Nc1nc(-c2ccc(F)c(F)c2)cs1. The van der Waals surface area contributed by atoms with Gasteiger partial charge in [-0.25, -0.2) is 13.8 Å². The number of aromatic nitrogens is 1. The summed E-state index contributed by atoms with van der Waals surface area (Å²) >= 11 is 1.14. The minimum absolute atomic E-state index is 0.102. The summed E-state index contributed by atoms with van der Waals surface area (Å²) in [7, 11) is 0. The Balaban J connectivity index is 1.61. The molecule has 1 N–H and O–H groups in total. The van der Waals surface area contributed by atoms with Crippen LogP contribution in [-0.2, 0) is 14.3 Å². The minimum atomic E-state index is -0.965. The number of anilines is 1. The van der Waals surface area contributed by atoms with Gasteiger partial charge in [-0.15, -0.1) is 11.3 Å². The van der Waals surface area contributed by atoms with Gasteiger partial charge >= 0.3 is 5.97 Å². The van der Waals surface area contributed by atoms with Gasteiger partial charge < -0.3 is 4.74 Å². The maximum absolute atomic E-state index is 13.3. The topological polar surface area (TPSA) is 68.3 Å². The second-order valence-corrected chi connectivity index (χ2v) is 6.72. The molecule has 25 heavy (non-hydrogen) atoms. The number of esters is 1. The molecular weight excluding hydrogens is 350 g/mol. The van der Waals surface area contributed by atoms with E-state index in [2.05, 4.69) is 10.3 Å². The number of ether oxygens (including phenoxy) is 1. The van der Waals surface area contributed by atoms with Gasteiger partial charge in [-0.3, -0.25) is 14.9 Å². The van der Waals surface area contributed by atoms with Crippen molar-refractivity contribution < 1.29 is 23.1 Å². The fraction of sp³-hybridized carbons (Fsp3) is 0.353. The molecule has 1 aliphatic rings. The summed E-state index contributed by atoms with van der Waals surface area (Å²) in [4.78, 5) is 28.0. The third-order valence-corrected chi connectivity index (χ3v) is 4.81. The molecule has 1 heterocycles. The second-order valence-electron chi connectivity index (χ2n) is 5.86. The van der Waals surface area contributed by atoms with Crippen molar-refractivity contribution in [3.63, 3.8) is 0 Å². The zero-order valence-electron chi connectivity index (χ0n) is 13.4. The lowest BCUT2D eigenvalue weighted by molar-refractivity contribution is -0.159. The molecule has 5 nitrogen and oxygen atoms in total. The molecule has 1 amide bonds. The van der Waals surface area contributed by atoms with E-state index in [0.717, 1.165) is 42.7 Å². The Kier molecular flexibility index (Phi) is 5.08. The normalized spacial score (nSPS) is 15.3. The number of rotatable bonds is 5. The molecule has 0 aliphatic heterocycles. The number of nitrogens with zero attached hydrogens (tertiary/aromatic N) is 1. The van der Waals surface area contributed by atoms with Crippen LogP contribution in [0.15, 0.2) is 23.6 Å². The Morgan fingerprint density at radius 1 is 1.32 bits per heavy atom. The summed E-state index contributed by atoms with van der Waals surface area (Å²) in [5.74, 6) is -2.84. The number of benzene rings is 1. The summed E-state index contributed by atoms with van der Waals surface area (Å²) in [5, 5.41) is 4.47. The molecule has 1 aromatic heterocycles. The standard InChI is InChI=1S/C17H16F2N2O3S/c1-9(24-16(23)10-3-2-4-10)15(22)21-17-20-14(8-25-17)11-5-6-12(18)13(19)7-11/h5-10H,2-4H2,1H3,(H,20,21,22)/t9-/m0/s1. The molecule has 0 saturated heterocycles. The van der Waals surface area contributed by atoms with Crippen LogP contribution in [0.4, 0.5) is 13.9 Å². The van der Waals surface area contributed by atoms with Crippen LogP contribution in [0.1, 0.15) is 26.2 Å². The van der Waals surface area contributed by atoms with E-state index in [4.69, 9.17) is 4.74 Å². The predicted molar refractivity (Wildman–Crippen MR) is 89.0 cm³/mol. The first-order valence-electron chi connectivity index (χ1n) is 7.86. The van der Waals surface area contributed by atoms with Gasteiger partial charge in [-0.2, -0.15) is 0 Å². The molecule has 0 bridgehead atoms. The lowest BCUT2D eigenvalue weighted by Crippen LogP contribution is -2.34. The average molecular weight is 366 g/mol. The largest absolute Gasteiger partial charge is 0.452 e. The fourth-order valence-electron chi connectivity index (χ4n) is 2.29. The van der Waals surface area contributed by atoms with Gasteiger partial charge in [0.15, 0.2) is 22.9 Å². The predicted octanol–water partition coefficient (Wildman–Crippen LogP) is 3.76. The van der Waals surface area contributed by atoms with Crippen molar-refractivity contribution in [2.45, 2.75) is 32.3 Å². The Morgan fingerprint density at radius 3 is 2.72 bits per heavy atom. The van der Waals surface area contributed by atoms with Gasteiger partial charge in [0.2, 0.25) is 0 Å². The minimum Gasteiger partial charge on any atom is -0.452 e. The molecule has 8 heteroatoms. The molecule has 0 radical (unpaired) electrons. The number of amides is 1. The highest BCUT2D eigenvalue weighted by molar-refractivity contribution is 7.14. The Morgan fingerprint density at radius 2 is 2.08 bits per heavy atom. The van der Waals surface area contributed by atoms with Crippen molar-refractivity contribution >= 4 is 28.3 Å². The van der Waals surface area contributed by atoms with Gasteiger partial charge in [0.1, 0.15) is 0 Å². The molecule has 1 aromatic carbocycles. The van der Waals surface area contributed by atoms with E-state index >= 15 is 0 Å². The van der Waals surface area contributed by atoms with Crippen LogP contribution in [0.2, 0.25) is 0 Å². The number of hydrogen-bond acceptors (Lipinski definition) is 5. The zero-order valence-corrected chi connectivity index (χ0v) is 14.2. The Hall–Kier alpha value is -2.35. The van der Waals surface area contributed by atoms with Gasteiger partial charge in [-0.05, 0) is 38.0 Å². The smallest absolute Gasteiger partial charge is 0.309 e. The number of halogens is 2. The van der Waals surface area contributed by atoms with Crippen LogP contribution >= 0.6 is 11.3 Å². The zero-order chi connectivity index (χ0) is 18.0. The average Bonchev–Trinajstić information content (AvgIpc) is 2.96. The summed E-state index contributed by atoms with van der Waals surface area (Å²) < 4.78 is 31.4. The molecule has 0 spiro atoms. The first-order chi connectivity index (χ1) is 11.9. The van der Waals surface area contributed by atoms with Gasteiger partial charge in [0.05, 0.1) is 11.6 Å². The highest BCUT2D eigenvalue weighted by atomic mass is 32.1. The summed E-state index contributed by atoms with van der Waals surface area (Å²) in [6.45, 7) is 1.50. The van der Waals surface area contributed by atoms with E-state index in [1.54, 1.807) is 5.38 Å². The number of hydrogen-bond donors (Lipinski definition) is 1. The second kappa shape index (κ2) is 7.26. The van der Waals surface area contributed by atoms with Crippen molar-refractivity contribution in [1.82, 2.24) is 4.98 Å². The van der Waals surface area contributed by atoms with Crippen molar-refractivity contribution in [1.29, 1.82) is 0 Å². The van der Waals surface area contributed by atoms with E-state index in [1.165, 1.54) is 13.0 Å². The maximum atomic E-state index is 13.3. The van der Waals surface area contributed by atoms with Crippen molar-refractivity contribution in [3.8, 4) is 11.3 Å². The quantitative estimate of drug-likeness (QED) is 0.818. The monoisotopic (exact) mass is 366 g/mol. The van der Waals surface area contributed by atoms with Crippen LogP contribution in [-0.4, -0.2) is 23.0 Å². The molecular formula is C17H16F2N2O3S. The van der Waals surface area contributed by atoms with Gasteiger partial charge in [0.25, 0.3) is 5.91 Å². The summed E-state index contributed by atoms with van der Waals surface area (Å²) in [5.41, 5.74) is 0.818. The van der Waals surface area contributed by atoms with E-state index in [9.17, 15) is 18.4 Å². The lowest BCUT2D eigenvalue weighted by atomic mass is 9.86. The molecule has 132 valence electrons. The molecule has 1 fully saturated rings. The van der Waals surface area contributed by atoms with Gasteiger partial charge in [-0.1, -0.05) is 6.42 Å². The number of carbonyl (C=O) groups is 2. The molecule has 0 unspecified atom stereocenters. The van der Waals surface area contributed by atoms with Crippen LogP contribution in [0.25, 0.3) is 11.3 Å². The van der Waals surface area contributed by atoms with E-state index in [0.29, 0.717) is 11.3 Å². The summed E-state index contributed by atoms with van der Waals surface area (Å²) in [6.07, 6.45) is 1.68. The lowest BCUT2D eigenvalue weighted by Gasteiger charge is -2.24. The number of thiazole rings is 1. The molecule has 3 rings (SSSR count). The van der Waals surface area contributed by atoms with Crippen molar-refractivity contribution in [2.75, 3.05) is 5.32 Å². The Bertz CT molecular complexity index is 805. The third kappa shape index (κ3) is 4.01. The molecule has 1 saturated carbocycles. The molecule has 1 aliphatic carbocycles. The first-order valence-corrected chi connectivity index (χ1v) is 8.74. The van der Waals surface area contributed by atoms with Crippen molar-refractivity contribution in [3.05, 3.63) is 35.2 Å². The number of nitrogens with one attached hydrogen (secondary N) is 1. The Labute approximate surface area is 147 Å². The third-order valence-electron chi connectivity index (χ3n) is 4.05. The van der Waals surface area contributed by atoms with Crippen LogP contribution in [0.3, 0.4) is 0 Å². The van der Waals surface area contributed by atoms with Crippen molar-refractivity contribution in [2.24, 2.45) is 5.92 Å². The van der Waals surface area contributed by atoms with E-state index < -0.39 is 23.6 Å². The number of carbonyl (C=O) groups excluding carboxylic acids is 2. The van der Waals surface area contributed by atoms with Crippen LogP contribution < -0.4 is 5.32 Å². The highest BCUT2D eigenvalue weighted by Gasteiger charge is 2.29. The summed E-state index contributed by atoms with van der Waals surface area (Å²) in [6, 6.07) is 3.46. The van der Waals surface area contributed by atoms with E-state index in [-0.39, 0.29) is 17.0 Å². The van der Waals surface area contributed by atoms with Crippen LogP contribution in [0, 0.1) is 17.6 Å². The molecule has 1 atom stereocenters. The molecule has 2 aromatic rings. The highest BCUT2D eigenvalue weighted by Crippen LogP contribution is 2.28. The van der Waals surface area contributed by atoms with Gasteiger partial charge in [0, 0.05) is 10.9 Å². The van der Waals surface area contributed by atoms with E-state index in [1.807, 2.05) is 0 Å². The maximum Gasteiger partial charge on any atom is 0.309 e. The fourth-order valence-corrected chi connectivity index (χ4v) is 3.02. The first kappa shape index (κ1) is 17.5.